The predicted molar refractivity (Wildman–Crippen MR) is 145 cm³/mol. The number of para-hydroxylation sites is 1. The summed E-state index contributed by atoms with van der Waals surface area (Å²) < 4.78 is 29.6. The number of fused-ring (bicyclic) bond motifs is 1. The predicted octanol–water partition coefficient (Wildman–Crippen LogP) is 5.95. The number of anilines is 1. The van der Waals surface area contributed by atoms with Gasteiger partial charge in [-0.15, -0.1) is 0 Å². The van der Waals surface area contributed by atoms with Crippen LogP contribution in [0.25, 0.3) is 0 Å². The minimum Gasteiger partial charge on any atom is -0.294 e. The maximum absolute atomic E-state index is 14.2. The summed E-state index contributed by atoms with van der Waals surface area (Å²) in [7, 11) is -4.22. The van der Waals surface area contributed by atoms with Crippen LogP contribution in [-0.2, 0) is 10.0 Å². The first-order chi connectivity index (χ1) is 18.3. The molecule has 0 aliphatic carbocycles. The number of ketones is 1. The van der Waals surface area contributed by atoms with Gasteiger partial charge < -0.3 is 0 Å². The minimum absolute atomic E-state index is 0.0414. The van der Waals surface area contributed by atoms with Crippen molar-refractivity contribution in [2.45, 2.75) is 36.2 Å². The third-order valence-corrected chi connectivity index (χ3v) is 8.84. The average molecular weight is 527 g/mol. The molecular formula is C30H26N2O5S. The monoisotopic (exact) mass is 526 g/mol. The fourth-order valence-electron chi connectivity index (χ4n) is 5.21. The highest BCUT2D eigenvalue weighted by Crippen LogP contribution is 2.50. The van der Waals surface area contributed by atoms with Crippen molar-refractivity contribution in [1.29, 1.82) is 0 Å². The number of benzene rings is 4. The van der Waals surface area contributed by atoms with Gasteiger partial charge in [-0.25, -0.2) is 8.42 Å². The van der Waals surface area contributed by atoms with Crippen LogP contribution in [0.3, 0.4) is 0 Å². The molecule has 7 nitrogen and oxygen atoms in total. The van der Waals surface area contributed by atoms with Crippen molar-refractivity contribution in [2.24, 2.45) is 0 Å². The average Bonchev–Trinajstić information content (AvgIpc) is 2.93. The van der Waals surface area contributed by atoms with E-state index in [9.17, 15) is 23.3 Å². The first-order valence-corrected chi connectivity index (χ1v) is 13.7. The second-order valence-electron chi connectivity index (χ2n) is 9.40. The van der Waals surface area contributed by atoms with Gasteiger partial charge in [0, 0.05) is 16.9 Å². The molecule has 38 heavy (non-hydrogen) atoms. The molecule has 0 amide bonds. The van der Waals surface area contributed by atoms with Crippen LogP contribution >= 0.6 is 0 Å². The summed E-state index contributed by atoms with van der Waals surface area (Å²) >= 11 is 0. The molecule has 1 aliphatic rings. The van der Waals surface area contributed by atoms with Crippen LogP contribution in [0.15, 0.2) is 114 Å². The Morgan fingerprint density at radius 2 is 1.42 bits per heavy atom. The second-order valence-corrected chi connectivity index (χ2v) is 11.2. The van der Waals surface area contributed by atoms with Crippen molar-refractivity contribution in [3.63, 3.8) is 0 Å². The Bertz CT molecular complexity index is 1570. The molecule has 4 aromatic carbocycles. The van der Waals surface area contributed by atoms with Gasteiger partial charge in [0.25, 0.3) is 10.0 Å². The molecule has 0 unspecified atom stereocenters. The standard InChI is InChI=1S/C30H26N2O5S/c1-21-16-18-24(19-17-21)38(36,37)31-27-15-9-8-14-25(27)26(20-28(33)22-10-4-2-5-11-22)30(32(34)35)29(31)23-12-6-3-7-13-23/h2-19,26,29-30H,20H2,1H3/t26-,29-,30+/m1/s1. The molecule has 5 rings (SSSR count). The normalized spacial score (nSPS) is 19.0. The Labute approximate surface area is 221 Å². The van der Waals surface area contributed by atoms with Gasteiger partial charge in [0.05, 0.1) is 16.5 Å². The van der Waals surface area contributed by atoms with Crippen molar-refractivity contribution < 1.29 is 18.1 Å². The van der Waals surface area contributed by atoms with E-state index in [2.05, 4.69) is 0 Å². The smallest absolute Gasteiger partial charge is 0.265 e. The van der Waals surface area contributed by atoms with E-state index in [0.29, 0.717) is 22.4 Å². The summed E-state index contributed by atoms with van der Waals surface area (Å²) in [4.78, 5) is 25.7. The lowest BCUT2D eigenvalue weighted by Gasteiger charge is -2.42. The number of hydrogen-bond acceptors (Lipinski definition) is 5. The van der Waals surface area contributed by atoms with Crippen LogP contribution in [0.1, 0.15) is 45.4 Å². The van der Waals surface area contributed by atoms with Crippen molar-refractivity contribution in [3.05, 3.63) is 142 Å². The van der Waals surface area contributed by atoms with Crippen LogP contribution in [0.2, 0.25) is 0 Å². The quantitative estimate of drug-likeness (QED) is 0.168. The van der Waals surface area contributed by atoms with Crippen molar-refractivity contribution in [3.8, 4) is 0 Å². The Balaban J connectivity index is 1.74. The maximum Gasteiger partial charge on any atom is 0.265 e. The Morgan fingerprint density at radius 1 is 0.842 bits per heavy atom. The summed E-state index contributed by atoms with van der Waals surface area (Å²) in [5, 5.41) is 12.8. The van der Waals surface area contributed by atoms with Crippen LogP contribution in [0.5, 0.6) is 0 Å². The lowest BCUT2D eigenvalue weighted by atomic mass is 9.77. The van der Waals surface area contributed by atoms with E-state index in [0.717, 1.165) is 5.56 Å². The number of Topliss-reactive ketones (excluding diaryl/α,β-unsaturated/α-hetero) is 1. The van der Waals surface area contributed by atoms with Gasteiger partial charge in [0.15, 0.2) is 5.78 Å². The van der Waals surface area contributed by atoms with Gasteiger partial charge in [-0.05, 0) is 36.2 Å². The molecule has 1 aliphatic heterocycles. The molecule has 192 valence electrons. The minimum atomic E-state index is -4.22. The number of nitrogens with zero attached hydrogens (tertiary/aromatic N) is 2. The maximum atomic E-state index is 14.2. The molecule has 0 aromatic heterocycles. The molecule has 1 heterocycles. The Hall–Kier alpha value is -4.30. The molecule has 0 fully saturated rings. The molecule has 0 radical (unpaired) electrons. The first kappa shape index (κ1) is 25.4. The zero-order valence-electron chi connectivity index (χ0n) is 20.7. The number of aryl methyl sites for hydroxylation is 1. The molecule has 3 atom stereocenters. The van der Waals surface area contributed by atoms with E-state index in [1.807, 2.05) is 6.92 Å². The van der Waals surface area contributed by atoms with Crippen molar-refractivity contribution in [1.82, 2.24) is 0 Å². The fraction of sp³-hybridized carbons (Fsp3) is 0.167. The van der Waals surface area contributed by atoms with Gasteiger partial charge in [-0.3, -0.25) is 19.2 Å². The fourth-order valence-corrected chi connectivity index (χ4v) is 6.89. The van der Waals surface area contributed by atoms with Gasteiger partial charge in [0.1, 0.15) is 6.04 Å². The van der Waals surface area contributed by atoms with Crippen molar-refractivity contribution >= 4 is 21.5 Å². The molecule has 4 aromatic rings. The number of carbonyl (C=O) groups excluding carboxylic acids is 1. The number of hydrogen-bond donors (Lipinski definition) is 0. The van der Waals surface area contributed by atoms with Crippen LogP contribution in [0, 0.1) is 17.0 Å². The summed E-state index contributed by atoms with van der Waals surface area (Å²) in [6.45, 7) is 1.86. The van der Waals surface area contributed by atoms with Gasteiger partial charge in [-0.1, -0.05) is 96.6 Å². The SMILES string of the molecule is Cc1ccc(S(=O)(=O)N2c3ccccc3[C@@H](CC(=O)c3ccccc3)[C@H]([N+](=O)[O-])[C@H]2c2ccccc2)cc1. The number of rotatable bonds is 7. The van der Waals surface area contributed by atoms with Crippen LogP contribution < -0.4 is 4.31 Å². The third kappa shape index (κ3) is 4.59. The third-order valence-electron chi connectivity index (χ3n) is 7.03. The van der Waals surface area contributed by atoms with Gasteiger partial charge >= 0.3 is 0 Å². The van der Waals surface area contributed by atoms with E-state index >= 15 is 0 Å². The molecule has 8 heteroatoms. The van der Waals surface area contributed by atoms with Gasteiger partial charge in [-0.2, -0.15) is 0 Å². The molecule has 0 N–H and O–H groups in total. The summed E-state index contributed by atoms with van der Waals surface area (Å²) in [5.74, 6) is -1.08. The number of sulfonamides is 1. The highest BCUT2D eigenvalue weighted by Gasteiger charge is 2.53. The largest absolute Gasteiger partial charge is 0.294 e. The first-order valence-electron chi connectivity index (χ1n) is 12.3. The highest BCUT2D eigenvalue weighted by atomic mass is 32.2. The van der Waals surface area contributed by atoms with Crippen molar-refractivity contribution in [2.75, 3.05) is 4.31 Å². The molecule has 0 saturated carbocycles. The Kier molecular flexibility index (Phi) is 6.82. The molecule has 0 bridgehead atoms. The van der Waals surface area contributed by atoms with E-state index in [1.165, 1.54) is 16.4 Å². The summed E-state index contributed by atoms with van der Waals surface area (Å²) in [6.07, 6.45) is -0.131. The zero-order chi connectivity index (χ0) is 26.9. The van der Waals surface area contributed by atoms with Gasteiger partial charge in [0.2, 0.25) is 6.04 Å². The molecular weight excluding hydrogens is 500 g/mol. The highest BCUT2D eigenvalue weighted by molar-refractivity contribution is 7.92. The van der Waals surface area contributed by atoms with E-state index in [1.54, 1.807) is 97.1 Å². The van der Waals surface area contributed by atoms with Crippen LogP contribution in [0.4, 0.5) is 5.69 Å². The second kappa shape index (κ2) is 10.2. The van der Waals surface area contributed by atoms with Crippen LogP contribution in [-0.4, -0.2) is 25.2 Å². The Morgan fingerprint density at radius 3 is 2.05 bits per heavy atom. The number of nitro groups is 1. The number of carbonyl (C=O) groups is 1. The zero-order valence-corrected chi connectivity index (χ0v) is 21.5. The molecule has 0 saturated heterocycles. The van der Waals surface area contributed by atoms with E-state index in [4.69, 9.17) is 0 Å². The lowest BCUT2D eigenvalue weighted by Crippen LogP contribution is -2.50. The topological polar surface area (TPSA) is 97.6 Å². The summed E-state index contributed by atoms with van der Waals surface area (Å²) in [6, 6.07) is 27.9. The summed E-state index contributed by atoms with van der Waals surface area (Å²) in [5.41, 5.74) is 2.63. The molecule has 0 spiro atoms. The van der Waals surface area contributed by atoms with E-state index in [-0.39, 0.29) is 17.1 Å². The lowest BCUT2D eigenvalue weighted by molar-refractivity contribution is -0.531. The van der Waals surface area contributed by atoms with E-state index < -0.39 is 32.9 Å².